The zero-order valence-corrected chi connectivity index (χ0v) is 9.16. The summed E-state index contributed by atoms with van der Waals surface area (Å²) in [7, 11) is 0. The van der Waals surface area contributed by atoms with Crippen molar-refractivity contribution in [3.05, 3.63) is 0 Å². The summed E-state index contributed by atoms with van der Waals surface area (Å²) in [5, 5.41) is 6.50. The van der Waals surface area contributed by atoms with Gasteiger partial charge in [-0.25, -0.2) is 0 Å². The Morgan fingerprint density at radius 3 is 3.00 bits per heavy atom. The van der Waals surface area contributed by atoms with Crippen LogP contribution in [0.4, 0.5) is 0 Å². The molecule has 2 aliphatic heterocycles. The number of hydrogen-bond donors (Lipinski definition) is 2. The average molecular weight is 213 g/mol. The normalized spacial score (nSPS) is 32.7. The van der Waals surface area contributed by atoms with Crippen LogP contribution >= 0.6 is 0 Å². The predicted octanol–water partition coefficient (Wildman–Crippen LogP) is -1.20. The Kier molecular flexibility index (Phi) is 3.56. The highest BCUT2D eigenvalue weighted by atomic mass is 16.5. The predicted molar refractivity (Wildman–Crippen MR) is 56.7 cm³/mol. The van der Waals surface area contributed by atoms with Crippen molar-refractivity contribution in [3.8, 4) is 0 Å². The highest BCUT2D eigenvalue weighted by molar-refractivity contribution is 5.81. The van der Waals surface area contributed by atoms with Gasteiger partial charge in [0.15, 0.2) is 0 Å². The van der Waals surface area contributed by atoms with Crippen molar-refractivity contribution < 1.29 is 9.53 Å². The molecule has 1 amide bonds. The number of carbonyl (C=O) groups is 1. The smallest absolute Gasteiger partial charge is 0.253 e. The Bertz CT molecular complexity index is 229. The van der Waals surface area contributed by atoms with Gasteiger partial charge in [-0.05, 0) is 6.92 Å². The minimum atomic E-state index is -0.274. The van der Waals surface area contributed by atoms with E-state index in [2.05, 4.69) is 17.6 Å². The number of morpholine rings is 1. The standard InChI is InChI=1S/C10H19N3O2/c1-8-7-13(4-2-12-8)10(14)9-6-11-3-5-15-9/h8-9,11-12H,2-7H2,1H3/t8-,9+/m0/s1. The van der Waals surface area contributed by atoms with E-state index >= 15 is 0 Å². The number of piperazine rings is 1. The first-order valence-corrected chi connectivity index (χ1v) is 5.62. The van der Waals surface area contributed by atoms with E-state index < -0.39 is 0 Å². The summed E-state index contributed by atoms with van der Waals surface area (Å²) >= 11 is 0. The lowest BCUT2D eigenvalue weighted by Crippen LogP contribution is -2.56. The zero-order chi connectivity index (χ0) is 10.7. The lowest BCUT2D eigenvalue weighted by Gasteiger charge is -2.35. The molecule has 2 atom stereocenters. The highest BCUT2D eigenvalue weighted by Crippen LogP contribution is 2.05. The lowest BCUT2D eigenvalue weighted by molar-refractivity contribution is -0.146. The number of ether oxygens (including phenoxy) is 1. The Labute approximate surface area is 90.1 Å². The van der Waals surface area contributed by atoms with Gasteiger partial charge in [0.2, 0.25) is 0 Å². The van der Waals surface area contributed by atoms with Crippen LogP contribution in [0.3, 0.4) is 0 Å². The molecule has 5 heteroatoms. The Hall–Kier alpha value is -0.650. The fourth-order valence-corrected chi connectivity index (χ4v) is 2.06. The number of hydrogen-bond acceptors (Lipinski definition) is 4. The fourth-order valence-electron chi connectivity index (χ4n) is 2.06. The zero-order valence-electron chi connectivity index (χ0n) is 9.16. The third-order valence-electron chi connectivity index (χ3n) is 2.88. The quantitative estimate of drug-likeness (QED) is 0.574. The molecule has 0 aliphatic carbocycles. The minimum absolute atomic E-state index is 0.135. The van der Waals surface area contributed by atoms with Gasteiger partial charge in [0.1, 0.15) is 6.10 Å². The summed E-state index contributed by atoms with van der Waals surface area (Å²) in [4.78, 5) is 13.9. The molecule has 2 saturated heterocycles. The maximum atomic E-state index is 12.0. The van der Waals surface area contributed by atoms with Crippen molar-refractivity contribution in [2.24, 2.45) is 0 Å². The molecule has 2 aliphatic rings. The number of nitrogens with one attached hydrogen (secondary N) is 2. The molecule has 0 spiro atoms. The molecule has 0 bridgehead atoms. The van der Waals surface area contributed by atoms with E-state index in [4.69, 9.17) is 4.74 Å². The van der Waals surface area contributed by atoms with Crippen molar-refractivity contribution in [1.82, 2.24) is 15.5 Å². The molecule has 0 aromatic heterocycles. The third-order valence-corrected chi connectivity index (χ3v) is 2.88. The van der Waals surface area contributed by atoms with E-state index in [-0.39, 0.29) is 12.0 Å². The molecule has 2 heterocycles. The molecule has 86 valence electrons. The van der Waals surface area contributed by atoms with Crippen molar-refractivity contribution in [3.63, 3.8) is 0 Å². The Balaban J connectivity index is 1.88. The van der Waals surface area contributed by atoms with Gasteiger partial charge in [-0.3, -0.25) is 4.79 Å². The van der Waals surface area contributed by atoms with E-state index in [1.54, 1.807) is 0 Å². The van der Waals surface area contributed by atoms with E-state index in [0.717, 1.165) is 26.2 Å². The van der Waals surface area contributed by atoms with Crippen LogP contribution in [-0.2, 0) is 9.53 Å². The molecule has 2 fully saturated rings. The molecule has 2 rings (SSSR count). The number of nitrogens with zero attached hydrogens (tertiary/aromatic N) is 1. The monoisotopic (exact) mass is 213 g/mol. The van der Waals surface area contributed by atoms with Crippen LogP contribution in [0.25, 0.3) is 0 Å². The van der Waals surface area contributed by atoms with Crippen LogP contribution in [0.1, 0.15) is 6.92 Å². The SMILES string of the molecule is C[C@H]1CN(C(=O)[C@H]2CNCCO2)CCN1. The first-order chi connectivity index (χ1) is 7.27. The second-order valence-corrected chi connectivity index (χ2v) is 4.20. The molecule has 0 unspecified atom stereocenters. The molecule has 0 aromatic rings. The maximum Gasteiger partial charge on any atom is 0.253 e. The average Bonchev–Trinajstić information content (AvgIpc) is 2.29. The number of rotatable bonds is 1. The summed E-state index contributed by atoms with van der Waals surface area (Å²) < 4.78 is 5.45. The molecule has 15 heavy (non-hydrogen) atoms. The van der Waals surface area contributed by atoms with Gasteiger partial charge in [-0.15, -0.1) is 0 Å². The van der Waals surface area contributed by atoms with E-state index in [0.29, 0.717) is 19.2 Å². The largest absolute Gasteiger partial charge is 0.366 e. The minimum Gasteiger partial charge on any atom is -0.366 e. The van der Waals surface area contributed by atoms with Crippen molar-refractivity contribution >= 4 is 5.91 Å². The number of carbonyl (C=O) groups excluding carboxylic acids is 1. The third kappa shape index (κ3) is 2.68. The van der Waals surface area contributed by atoms with Crippen LogP contribution in [0.5, 0.6) is 0 Å². The topological polar surface area (TPSA) is 53.6 Å². The molecule has 0 radical (unpaired) electrons. The van der Waals surface area contributed by atoms with Gasteiger partial charge in [0.25, 0.3) is 5.91 Å². The van der Waals surface area contributed by atoms with Crippen LogP contribution in [-0.4, -0.2) is 62.3 Å². The summed E-state index contributed by atoms with van der Waals surface area (Å²) in [6, 6.07) is 0.388. The second-order valence-electron chi connectivity index (χ2n) is 4.20. The molecule has 0 saturated carbocycles. The fraction of sp³-hybridized carbons (Fsp3) is 0.900. The van der Waals surface area contributed by atoms with Gasteiger partial charge >= 0.3 is 0 Å². The highest BCUT2D eigenvalue weighted by Gasteiger charge is 2.28. The molecule has 5 nitrogen and oxygen atoms in total. The van der Waals surface area contributed by atoms with Gasteiger partial charge < -0.3 is 20.3 Å². The van der Waals surface area contributed by atoms with Crippen molar-refractivity contribution in [1.29, 1.82) is 0 Å². The van der Waals surface area contributed by atoms with Gasteiger partial charge in [0, 0.05) is 38.8 Å². The first-order valence-electron chi connectivity index (χ1n) is 5.62. The summed E-state index contributed by atoms with van der Waals surface area (Å²) in [6.07, 6.45) is -0.274. The van der Waals surface area contributed by atoms with E-state index in [1.807, 2.05) is 4.90 Å². The maximum absolute atomic E-state index is 12.0. The molecular formula is C10H19N3O2. The molecular weight excluding hydrogens is 194 g/mol. The summed E-state index contributed by atoms with van der Waals surface area (Å²) in [6.45, 7) is 6.70. The van der Waals surface area contributed by atoms with E-state index in [1.165, 1.54) is 0 Å². The van der Waals surface area contributed by atoms with Crippen LogP contribution in [0.15, 0.2) is 0 Å². The summed E-state index contributed by atoms with van der Waals surface area (Å²) in [5.74, 6) is 0.135. The number of amides is 1. The van der Waals surface area contributed by atoms with E-state index in [9.17, 15) is 4.79 Å². The van der Waals surface area contributed by atoms with Crippen molar-refractivity contribution in [2.75, 3.05) is 39.3 Å². The second kappa shape index (κ2) is 4.92. The van der Waals surface area contributed by atoms with Gasteiger partial charge in [-0.1, -0.05) is 0 Å². The molecule has 2 N–H and O–H groups in total. The first kappa shape index (κ1) is 10.9. The Morgan fingerprint density at radius 2 is 2.33 bits per heavy atom. The Morgan fingerprint density at radius 1 is 1.47 bits per heavy atom. The van der Waals surface area contributed by atoms with Gasteiger partial charge in [-0.2, -0.15) is 0 Å². The molecule has 0 aromatic carbocycles. The van der Waals surface area contributed by atoms with Gasteiger partial charge in [0.05, 0.1) is 6.61 Å². The lowest BCUT2D eigenvalue weighted by atomic mass is 10.2. The van der Waals surface area contributed by atoms with Crippen LogP contribution in [0.2, 0.25) is 0 Å². The van der Waals surface area contributed by atoms with Crippen molar-refractivity contribution in [2.45, 2.75) is 19.1 Å². The summed E-state index contributed by atoms with van der Waals surface area (Å²) in [5.41, 5.74) is 0. The van der Waals surface area contributed by atoms with Crippen LogP contribution in [0, 0.1) is 0 Å². The van der Waals surface area contributed by atoms with Crippen LogP contribution < -0.4 is 10.6 Å².